The number of hydrogen-bond donors (Lipinski definition) is 1. The van der Waals surface area contributed by atoms with E-state index in [1.807, 2.05) is 38.1 Å². The normalized spacial score (nSPS) is 11.1. The lowest BCUT2D eigenvalue weighted by Gasteiger charge is -2.23. The van der Waals surface area contributed by atoms with E-state index in [0.717, 1.165) is 34.5 Å². The molecule has 7 heteroatoms. The minimum Gasteiger partial charge on any atom is -0.395 e. The molecule has 0 aliphatic carbocycles. The Bertz CT molecular complexity index is 805. The first-order valence-corrected chi connectivity index (χ1v) is 8.90. The number of aliphatic hydroxyl groups excluding tert-OH is 1. The number of benzene rings is 1. The summed E-state index contributed by atoms with van der Waals surface area (Å²) in [6, 6.07) is 12.1. The van der Waals surface area contributed by atoms with Crippen LogP contribution in [0, 0.1) is 13.8 Å². The summed E-state index contributed by atoms with van der Waals surface area (Å²) in [7, 11) is 0. The standard InChI is InChI=1S/C17H21N5OS/c1-13-12-14(2)22-16(18-13)19-17(20-22)24-11-9-21(8-10-23)15-6-4-3-5-7-15/h3-7,12,23H,8-11H2,1-2H3. The van der Waals surface area contributed by atoms with Crippen LogP contribution in [-0.2, 0) is 0 Å². The molecule has 0 aliphatic heterocycles. The Kier molecular flexibility index (Phi) is 5.32. The fraction of sp³-hybridized carbons (Fsp3) is 0.353. The molecule has 0 atom stereocenters. The average Bonchev–Trinajstić information content (AvgIpc) is 2.98. The number of anilines is 1. The number of aliphatic hydroxyl groups is 1. The summed E-state index contributed by atoms with van der Waals surface area (Å²) in [5.41, 5.74) is 3.09. The van der Waals surface area contributed by atoms with Gasteiger partial charge in [0, 0.05) is 35.9 Å². The summed E-state index contributed by atoms with van der Waals surface area (Å²) in [6.07, 6.45) is 0. The zero-order chi connectivity index (χ0) is 16.9. The summed E-state index contributed by atoms with van der Waals surface area (Å²) in [5, 5.41) is 14.5. The van der Waals surface area contributed by atoms with Gasteiger partial charge in [0.2, 0.25) is 5.16 Å². The Balaban J connectivity index is 1.65. The largest absolute Gasteiger partial charge is 0.395 e. The topological polar surface area (TPSA) is 66.5 Å². The van der Waals surface area contributed by atoms with Crippen molar-refractivity contribution in [1.82, 2.24) is 19.6 Å². The fourth-order valence-corrected chi connectivity index (χ4v) is 3.37. The van der Waals surface area contributed by atoms with E-state index < -0.39 is 0 Å². The van der Waals surface area contributed by atoms with Crippen LogP contribution < -0.4 is 4.90 Å². The number of hydrogen-bond acceptors (Lipinski definition) is 6. The minimum absolute atomic E-state index is 0.133. The van der Waals surface area contributed by atoms with Gasteiger partial charge >= 0.3 is 0 Å². The van der Waals surface area contributed by atoms with Gasteiger partial charge in [-0.05, 0) is 32.0 Å². The first-order valence-electron chi connectivity index (χ1n) is 7.92. The van der Waals surface area contributed by atoms with Gasteiger partial charge in [-0.2, -0.15) is 4.98 Å². The second-order valence-electron chi connectivity index (χ2n) is 5.54. The first kappa shape index (κ1) is 16.7. The van der Waals surface area contributed by atoms with Crippen LogP contribution in [0.15, 0.2) is 41.6 Å². The van der Waals surface area contributed by atoms with Crippen LogP contribution in [0.2, 0.25) is 0 Å². The van der Waals surface area contributed by atoms with Gasteiger partial charge in [0.25, 0.3) is 5.78 Å². The van der Waals surface area contributed by atoms with Crippen molar-refractivity contribution in [1.29, 1.82) is 0 Å². The van der Waals surface area contributed by atoms with E-state index in [4.69, 9.17) is 0 Å². The Morgan fingerprint density at radius 3 is 2.67 bits per heavy atom. The van der Waals surface area contributed by atoms with Gasteiger partial charge in [0.1, 0.15) is 0 Å². The van der Waals surface area contributed by atoms with Crippen molar-refractivity contribution in [2.45, 2.75) is 19.0 Å². The number of rotatable bonds is 7. The quantitative estimate of drug-likeness (QED) is 0.664. The predicted octanol–water partition coefficient (Wildman–Crippen LogP) is 2.33. The van der Waals surface area contributed by atoms with Crippen molar-refractivity contribution in [2.75, 3.05) is 30.3 Å². The maximum Gasteiger partial charge on any atom is 0.253 e. The summed E-state index contributed by atoms with van der Waals surface area (Å²) in [4.78, 5) is 11.1. The predicted molar refractivity (Wildman–Crippen MR) is 96.7 cm³/mol. The van der Waals surface area contributed by atoms with E-state index in [0.29, 0.717) is 12.3 Å². The molecule has 0 amide bonds. The highest BCUT2D eigenvalue weighted by atomic mass is 32.2. The molecular weight excluding hydrogens is 322 g/mol. The smallest absolute Gasteiger partial charge is 0.253 e. The van der Waals surface area contributed by atoms with E-state index in [1.54, 1.807) is 16.3 Å². The van der Waals surface area contributed by atoms with Crippen LogP contribution in [0.1, 0.15) is 11.4 Å². The summed E-state index contributed by atoms with van der Waals surface area (Å²) in [5.74, 6) is 1.48. The van der Waals surface area contributed by atoms with E-state index in [1.165, 1.54) is 0 Å². The van der Waals surface area contributed by atoms with E-state index >= 15 is 0 Å². The molecule has 0 radical (unpaired) electrons. The highest BCUT2D eigenvalue weighted by Crippen LogP contribution is 2.18. The molecule has 2 aromatic heterocycles. The molecule has 126 valence electrons. The molecule has 0 fully saturated rings. The lowest BCUT2D eigenvalue weighted by Crippen LogP contribution is -2.28. The van der Waals surface area contributed by atoms with Crippen molar-refractivity contribution < 1.29 is 5.11 Å². The molecule has 3 rings (SSSR count). The third kappa shape index (κ3) is 3.85. The molecule has 1 N–H and O–H groups in total. The highest BCUT2D eigenvalue weighted by Gasteiger charge is 2.10. The zero-order valence-corrected chi connectivity index (χ0v) is 14.7. The van der Waals surface area contributed by atoms with Crippen molar-refractivity contribution in [3.8, 4) is 0 Å². The summed E-state index contributed by atoms with van der Waals surface area (Å²) < 4.78 is 1.78. The van der Waals surface area contributed by atoms with E-state index in [2.05, 4.69) is 32.1 Å². The maximum absolute atomic E-state index is 9.28. The minimum atomic E-state index is 0.133. The van der Waals surface area contributed by atoms with Gasteiger partial charge in [-0.3, -0.25) is 0 Å². The molecule has 0 aliphatic rings. The van der Waals surface area contributed by atoms with E-state index in [-0.39, 0.29) is 6.61 Å². The monoisotopic (exact) mass is 343 g/mol. The SMILES string of the molecule is Cc1cc(C)n2nc(SCCN(CCO)c3ccccc3)nc2n1. The number of para-hydroxylation sites is 1. The Hall–Kier alpha value is -2.12. The van der Waals surface area contributed by atoms with Crippen LogP contribution in [0.5, 0.6) is 0 Å². The molecule has 24 heavy (non-hydrogen) atoms. The third-order valence-corrected chi connectivity index (χ3v) is 4.50. The molecule has 0 bridgehead atoms. The molecule has 0 spiro atoms. The van der Waals surface area contributed by atoms with Crippen LogP contribution >= 0.6 is 11.8 Å². The van der Waals surface area contributed by atoms with Crippen LogP contribution in [0.4, 0.5) is 5.69 Å². The van der Waals surface area contributed by atoms with Gasteiger partial charge in [-0.1, -0.05) is 30.0 Å². The molecule has 3 aromatic rings. The molecule has 0 saturated heterocycles. The number of thioether (sulfide) groups is 1. The van der Waals surface area contributed by atoms with E-state index in [9.17, 15) is 5.11 Å². The Morgan fingerprint density at radius 1 is 1.12 bits per heavy atom. The Morgan fingerprint density at radius 2 is 1.92 bits per heavy atom. The molecular formula is C17H21N5OS. The third-order valence-electron chi connectivity index (χ3n) is 3.68. The van der Waals surface area contributed by atoms with Crippen molar-refractivity contribution in [3.05, 3.63) is 47.8 Å². The van der Waals surface area contributed by atoms with Crippen molar-refractivity contribution in [3.63, 3.8) is 0 Å². The molecule has 6 nitrogen and oxygen atoms in total. The molecule has 2 heterocycles. The van der Waals surface area contributed by atoms with Gasteiger partial charge in [-0.15, -0.1) is 5.10 Å². The lowest BCUT2D eigenvalue weighted by molar-refractivity contribution is 0.302. The average molecular weight is 343 g/mol. The van der Waals surface area contributed by atoms with Crippen molar-refractivity contribution >= 4 is 23.2 Å². The van der Waals surface area contributed by atoms with Crippen molar-refractivity contribution in [2.24, 2.45) is 0 Å². The second-order valence-corrected chi connectivity index (χ2v) is 6.60. The van der Waals surface area contributed by atoms with Gasteiger partial charge in [0.15, 0.2) is 0 Å². The van der Waals surface area contributed by atoms with Crippen LogP contribution in [-0.4, -0.2) is 50.1 Å². The lowest BCUT2D eigenvalue weighted by atomic mass is 10.3. The summed E-state index contributed by atoms with van der Waals surface area (Å²) in [6.45, 7) is 5.53. The number of nitrogens with zero attached hydrogens (tertiary/aromatic N) is 5. The number of aryl methyl sites for hydroxylation is 2. The first-order chi connectivity index (χ1) is 11.7. The van der Waals surface area contributed by atoms with Gasteiger partial charge < -0.3 is 10.0 Å². The van der Waals surface area contributed by atoms with Crippen LogP contribution in [0.3, 0.4) is 0 Å². The van der Waals surface area contributed by atoms with Gasteiger partial charge in [-0.25, -0.2) is 9.50 Å². The van der Waals surface area contributed by atoms with Crippen LogP contribution in [0.25, 0.3) is 5.78 Å². The maximum atomic E-state index is 9.28. The molecule has 1 aromatic carbocycles. The number of fused-ring (bicyclic) bond motifs is 1. The fourth-order valence-electron chi connectivity index (χ4n) is 2.59. The highest BCUT2D eigenvalue weighted by molar-refractivity contribution is 7.99. The molecule has 0 unspecified atom stereocenters. The molecule has 0 saturated carbocycles. The van der Waals surface area contributed by atoms with Gasteiger partial charge in [0.05, 0.1) is 6.61 Å². The summed E-state index contributed by atoms with van der Waals surface area (Å²) >= 11 is 1.60. The number of aromatic nitrogens is 4. The zero-order valence-electron chi connectivity index (χ0n) is 13.9. The second kappa shape index (κ2) is 7.63. The Labute approximate surface area is 145 Å².